The lowest BCUT2D eigenvalue weighted by atomic mass is 9.99. The minimum Gasteiger partial charge on any atom is -0.462 e. The van der Waals surface area contributed by atoms with Crippen LogP contribution in [-0.4, -0.2) is 55.0 Å². The van der Waals surface area contributed by atoms with Crippen LogP contribution in [0.1, 0.15) is 34.7 Å². The van der Waals surface area contributed by atoms with Gasteiger partial charge in [0.05, 0.1) is 17.6 Å². The van der Waals surface area contributed by atoms with E-state index in [1.54, 1.807) is 19.3 Å². The average molecular weight is 456 g/mol. The molecule has 7 heteroatoms. The first-order valence-electron chi connectivity index (χ1n) is 11.6. The van der Waals surface area contributed by atoms with Gasteiger partial charge in [-0.3, -0.25) is 9.69 Å². The van der Waals surface area contributed by atoms with E-state index in [-0.39, 0.29) is 11.7 Å². The van der Waals surface area contributed by atoms with E-state index in [2.05, 4.69) is 16.7 Å². The molecule has 0 aliphatic carbocycles. The number of benzene rings is 1. The summed E-state index contributed by atoms with van der Waals surface area (Å²) in [6.07, 6.45) is 4.80. The largest absolute Gasteiger partial charge is 0.462 e. The minimum absolute atomic E-state index is 0.173. The number of carbonyl (C=O) groups is 1. The van der Waals surface area contributed by atoms with Crippen molar-refractivity contribution in [3.05, 3.63) is 51.2 Å². The maximum absolute atomic E-state index is 14.3. The first kappa shape index (κ1) is 21.5. The summed E-state index contributed by atoms with van der Waals surface area (Å²) in [5.74, 6) is -0.0439. The van der Waals surface area contributed by atoms with Crippen molar-refractivity contribution < 1.29 is 13.6 Å². The predicted molar refractivity (Wildman–Crippen MR) is 127 cm³/mol. The van der Waals surface area contributed by atoms with Gasteiger partial charge in [0.25, 0.3) is 0 Å². The molecule has 0 radical (unpaired) electrons. The van der Waals surface area contributed by atoms with E-state index >= 15 is 0 Å². The Hall–Kier alpha value is -2.38. The average Bonchev–Trinajstić information content (AvgIpc) is 3.39. The fourth-order valence-electron chi connectivity index (χ4n) is 5.14. The third kappa shape index (κ3) is 3.92. The Balaban J connectivity index is 1.22. The van der Waals surface area contributed by atoms with Crippen LogP contribution in [0.2, 0.25) is 0 Å². The minimum atomic E-state index is -0.217. The van der Waals surface area contributed by atoms with E-state index in [4.69, 9.17) is 4.42 Å². The van der Waals surface area contributed by atoms with Gasteiger partial charge in [0.15, 0.2) is 0 Å². The molecule has 5 nitrogen and oxygen atoms in total. The van der Waals surface area contributed by atoms with E-state index in [0.29, 0.717) is 11.0 Å². The van der Waals surface area contributed by atoms with Gasteiger partial charge in [0, 0.05) is 55.9 Å². The highest BCUT2D eigenvalue weighted by atomic mass is 32.1. The summed E-state index contributed by atoms with van der Waals surface area (Å²) in [6.45, 7) is 10.2. The number of nitrogens with zero attached hydrogens (tertiary/aromatic N) is 3. The lowest BCUT2D eigenvalue weighted by Gasteiger charge is -2.35. The molecule has 3 aromatic rings. The zero-order chi connectivity index (χ0) is 22.2. The van der Waals surface area contributed by atoms with Crippen LogP contribution in [0.5, 0.6) is 0 Å². The maximum atomic E-state index is 14.3. The van der Waals surface area contributed by atoms with Gasteiger partial charge in [-0.2, -0.15) is 0 Å². The summed E-state index contributed by atoms with van der Waals surface area (Å²) in [7, 11) is 0. The van der Waals surface area contributed by atoms with Gasteiger partial charge in [-0.15, -0.1) is 11.3 Å². The number of furan rings is 1. The standard InChI is InChI=1S/C25H30FN3O2S/c1-3-18-19-7-10-29(17(2)30)15-24(19)32-23(18)8-9-27-11-13-28(14-12-27)21-16-31-22-6-4-5-20(26)25(21)22/h4-6,16H,3,7-15H2,1-2H3. The third-order valence-corrected chi connectivity index (χ3v) is 8.26. The van der Waals surface area contributed by atoms with Gasteiger partial charge in [-0.25, -0.2) is 4.39 Å². The Morgan fingerprint density at radius 2 is 2.00 bits per heavy atom. The van der Waals surface area contributed by atoms with Crippen molar-refractivity contribution in [3.63, 3.8) is 0 Å². The highest BCUT2D eigenvalue weighted by Crippen LogP contribution is 2.35. The lowest BCUT2D eigenvalue weighted by molar-refractivity contribution is -0.129. The van der Waals surface area contributed by atoms with Crippen LogP contribution in [0, 0.1) is 5.82 Å². The molecule has 2 aromatic heterocycles. The Morgan fingerprint density at radius 1 is 1.19 bits per heavy atom. The summed E-state index contributed by atoms with van der Waals surface area (Å²) in [6, 6.07) is 5.01. The highest BCUT2D eigenvalue weighted by molar-refractivity contribution is 7.12. The number of hydrogen-bond acceptors (Lipinski definition) is 5. The van der Waals surface area contributed by atoms with Crippen LogP contribution in [0.25, 0.3) is 11.0 Å². The number of halogens is 1. The Labute approximate surface area is 192 Å². The van der Waals surface area contributed by atoms with Crippen LogP contribution in [0.4, 0.5) is 10.1 Å². The molecule has 0 unspecified atom stereocenters. The van der Waals surface area contributed by atoms with Crippen LogP contribution >= 0.6 is 11.3 Å². The monoisotopic (exact) mass is 455 g/mol. The second kappa shape index (κ2) is 8.87. The van der Waals surface area contributed by atoms with Crippen molar-refractivity contribution in [1.29, 1.82) is 0 Å². The molecule has 2 aliphatic rings. The molecular weight excluding hydrogens is 425 g/mol. The number of carbonyl (C=O) groups excluding carboxylic acids is 1. The van der Waals surface area contributed by atoms with Gasteiger partial charge >= 0.3 is 0 Å². The van der Waals surface area contributed by atoms with Crippen molar-refractivity contribution in [1.82, 2.24) is 9.80 Å². The number of amides is 1. The molecule has 0 N–H and O–H groups in total. The van der Waals surface area contributed by atoms with Crippen LogP contribution < -0.4 is 4.90 Å². The molecule has 0 saturated carbocycles. The first-order valence-corrected chi connectivity index (χ1v) is 12.4. The molecule has 170 valence electrons. The SMILES string of the molecule is CCc1c(CCN2CCN(c3coc4cccc(F)c34)CC2)sc2c1CCN(C(C)=O)C2. The number of rotatable bonds is 5. The Kier molecular flexibility index (Phi) is 5.95. The van der Waals surface area contributed by atoms with E-state index in [0.717, 1.165) is 70.8 Å². The summed E-state index contributed by atoms with van der Waals surface area (Å²) < 4.78 is 19.9. The predicted octanol–water partition coefficient (Wildman–Crippen LogP) is 4.47. The van der Waals surface area contributed by atoms with E-state index < -0.39 is 0 Å². The molecule has 1 amide bonds. The third-order valence-electron chi connectivity index (χ3n) is 6.95. The van der Waals surface area contributed by atoms with Crippen molar-refractivity contribution in [2.24, 2.45) is 0 Å². The van der Waals surface area contributed by atoms with Crippen LogP contribution in [0.15, 0.2) is 28.9 Å². The van der Waals surface area contributed by atoms with Crippen LogP contribution in [-0.2, 0) is 30.6 Å². The normalized spacial score (nSPS) is 17.2. The van der Waals surface area contributed by atoms with Gasteiger partial charge in [0.2, 0.25) is 5.91 Å². The molecular formula is C25H30FN3O2S. The molecule has 2 aliphatic heterocycles. The Bertz CT molecular complexity index is 1130. The summed E-state index contributed by atoms with van der Waals surface area (Å²) in [5, 5.41) is 0.595. The van der Waals surface area contributed by atoms with E-state index in [9.17, 15) is 9.18 Å². The molecule has 0 bridgehead atoms. The number of thiophene rings is 1. The molecule has 1 fully saturated rings. The molecule has 32 heavy (non-hydrogen) atoms. The molecule has 4 heterocycles. The smallest absolute Gasteiger partial charge is 0.219 e. The van der Waals surface area contributed by atoms with Gasteiger partial charge in [-0.05, 0) is 42.5 Å². The zero-order valence-electron chi connectivity index (χ0n) is 18.8. The first-order chi connectivity index (χ1) is 15.5. The number of piperazine rings is 1. The van der Waals surface area contributed by atoms with Gasteiger partial charge in [-0.1, -0.05) is 13.0 Å². The molecule has 5 rings (SSSR count). The molecule has 1 saturated heterocycles. The maximum Gasteiger partial charge on any atom is 0.219 e. The van der Waals surface area contributed by atoms with Crippen molar-refractivity contribution in [2.75, 3.05) is 44.2 Å². The fourth-order valence-corrected chi connectivity index (χ4v) is 6.59. The highest BCUT2D eigenvalue weighted by Gasteiger charge is 2.26. The van der Waals surface area contributed by atoms with E-state index in [1.165, 1.54) is 26.9 Å². The second-order valence-electron chi connectivity index (χ2n) is 8.76. The summed E-state index contributed by atoms with van der Waals surface area (Å²) >= 11 is 1.91. The van der Waals surface area contributed by atoms with Crippen LogP contribution in [0.3, 0.4) is 0 Å². The van der Waals surface area contributed by atoms with Crippen molar-refractivity contribution in [2.45, 2.75) is 39.7 Å². The van der Waals surface area contributed by atoms with Gasteiger partial charge in [0.1, 0.15) is 17.7 Å². The molecule has 0 atom stereocenters. The van der Waals surface area contributed by atoms with Crippen molar-refractivity contribution >= 4 is 33.9 Å². The number of hydrogen-bond donors (Lipinski definition) is 0. The number of fused-ring (bicyclic) bond motifs is 2. The topological polar surface area (TPSA) is 39.9 Å². The Morgan fingerprint density at radius 3 is 2.75 bits per heavy atom. The zero-order valence-corrected chi connectivity index (χ0v) is 19.6. The lowest BCUT2D eigenvalue weighted by Crippen LogP contribution is -2.47. The second-order valence-corrected chi connectivity index (χ2v) is 9.95. The number of anilines is 1. The van der Waals surface area contributed by atoms with Gasteiger partial charge < -0.3 is 14.2 Å². The molecule has 1 aromatic carbocycles. The summed E-state index contributed by atoms with van der Waals surface area (Å²) in [4.78, 5) is 21.4. The van der Waals surface area contributed by atoms with Crippen molar-refractivity contribution in [3.8, 4) is 0 Å². The molecule has 0 spiro atoms. The quantitative estimate of drug-likeness (QED) is 0.569. The summed E-state index contributed by atoms with van der Waals surface area (Å²) in [5.41, 5.74) is 4.50. The van der Waals surface area contributed by atoms with E-state index in [1.807, 2.05) is 22.3 Å². The fraction of sp³-hybridized carbons (Fsp3) is 0.480.